The molecule has 194 valence electrons. The molecule has 0 spiro atoms. The highest BCUT2D eigenvalue weighted by Gasteiger charge is 2.48. The SMILES string of the molecule is CC1(N)NC=C/C1=C(/N)c1cnn(C2(CC#N)CN(C3CCN(C(=O)OCC4CCCC4)CC3)C2)c1. The minimum absolute atomic E-state index is 0.167. The lowest BCUT2D eigenvalue weighted by Gasteiger charge is -2.53. The monoisotopic (exact) mass is 494 g/mol. The lowest BCUT2D eigenvalue weighted by Crippen LogP contribution is -2.66. The second-order valence-corrected chi connectivity index (χ2v) is 11.1. The van der Waals surface area contributed by atoms with E-state index in [-0.39, 0.29) is 11.6 Å². The molecule has 10 nitrogen and oxygen atoms in total. The Morgan fingerprint density at radius 1 is 1.28 bits per heavy atom. The number of amides is 1. The number of likely N-dealkylation sites (tertiary alicyclic amines) is 2. The summed E-state index contributed by atoms with van der Waals surface area (Å²) in [6, 6.07) is 2.75. The second-order valence-electron chi connectivity index (χ2n) is 11.1. The Kier molecular flexibility index (Phi) is 6.70. The van der Waals surface area contributed by atoms with E-state index >= 15 is 0 Å². The number of aromatic nitrogens is 2. The molecule has 1 unspecified atom stereocenters. The van der Waals surface area contributed by atoms with Crippen LogP contribution in [0.3, 0.4) is 0 Å². The van der Waals surface area contributed by atoms with E-state index in [0.717, 1.165) is 37.1 Å². The van der Waals surface area contributed by atoms with Crippen LogP contribution in [0.15, 0.2) is 30.2 Å². The van der Waals surface area contributed by atoms with Crippen molar-refractivity contribution in [1.82, 2.24) is 24.9 Å². The van der Waals surface area contributed by atoms with Crippen LogP contribution >= 0.6 is 0 Å². The van der Waals surface area contributed by atoms with Crippen LogP contribution in [-0.2, 0) is 10.3 Å². The van der Waals surface area contributed by atoms with Crippen molar-refractivity contribution in [2.45, 2.75) is 69.1 Å². The van der Waals surface area contributed by atoms with Crippen molar-refractivity contribution in [3.05, 3.63) is 35.8 Å². The minimum Gasteiger partial charge on any atom is -0.449 e. The molecule has 2 saturated heterocycles. The zero-order valence-electron chi connectivity index (χ0n) is 21.2. The van der Waals surface area contributed by atoms with E-state index in [2.05, 4.69) is 21.4 Å². The number of carbonyl (C=O) groups is 1. The number of hydrogen-bond acceptors (Lipinski definition) is 8. The van der Waals surface area contributed by atoms with Crippen molar-refractivity contribution in [3.63, 3.8) is 0 Å². The lowest BCUT2D eigenvalue weighted by molar-refractivity contribution is -0.0427. The average molecular weight is 495 g/mol. The Bertz CT molecular complexity index is 1060. The predicted octanol–water partition coefficient (Wildman–Crippen LogP) is 2.06. The van der Waals surface area contributed by atoms with Crippen LogP contribution in [0.1, 0.15) is 57.4 Å². The maximum Gasteiger partial charge on any atom is 0.409 e. The molecule has 5 rings (SSSR count). The van der Waals surface area contributed by atoms with Crippen LogP contribution in [0.2, 0.25) is 0 Å². The molecule has 1 aliphatic carbocycles. The molecule has 5 N–H and O–H groups in total. The first-order valence-electron chi connectivity index (χ1n) is 13.1. The quantitative estimate of drug-likeness (QED) is 0.546. The minimum atomic E-state index is -0.721. The molecule has 1 saturated carbocycles. The Hall–Kier alpha value is -3.03. The molecule has 3 fully saturated rings. The van der Waals surface area contributed by atoms with Gasteiger partial charge in [0.25, 0.3) is 0 Å². The maximum atomic E-state index is 12.5. The molecule has 10 heteroatoms. The normalized spacial score (nSPS) is 28.0. The third-order valence-electron chi connectivity index (χ3n) is 8.42. The summed E-state index contributed by atoms with van der Waals surface area (Å²) in [4.78, 5) is 16.8. The van der Waals surface area contributed by atoms with Crippen LogP contribution in [0.25, 0.3) is 5.70 Å². The van der Waals surface area contributed by atoms with Crippen molar-refractivity contribution in [3.8, 4) is 6.07 Å². The molecular weight excluding hydrogens is 456 g/mol. The van der Waals surface area contributed by atoms with Gasteiger partial charge in [-0.1, -0.05) is 12.8 Å². The highest BCUT2D eigenvalue weighted by atomic mass is 16.6. The van der Waals surface area contributed by atoms with Gasteiger partial charge in [0.05, 0.1) is 25.3 Å². The number of carbonyl (C=O) groups excluding carboxylic acids is 1. The Morgan fingerprint density at radius 2 is 2.00 bits per heavy atom. The number of rotatable bonds is 6. The fourth-order valence-corrected chi connectivity index (χ4v) is 6.12. The van der Waals surface area contributed by atoms with Crippen molar-refractivity contribution in [2.75, 3.05) is 32.8 Å². The maximum absolute atomic E-state index is 12.5. The predicted molar refractivity (Wildman–Crippen MR) is 136 cm³/mol. The van der Waals surface area contributed by atoms with Gasteiger partial charge in [0.2, 0.25) is 0 Å². The first-order chi connectivity index (χ1) is 17.3. The summed E-state index contributed by atoms with van der Waals surface area (Å²) in [7, 11) is 0. The van der Waals surface area contributed by atoms with Gasteiger partial charge < -0.3 is 26.4 Å². The van der Waals surface area contributed by atoms with Crippen LogP contribution in [-0.4, -0.2) is 70.2 Å². The summed E-state index contributed by atoms with van der Waals surface area (Å²) >= 11 is 0. The molecule has 1 aromatic heterocycles. The van der Waals surface area contributed by atoms with E-state index < -0.39 is 5.66 Å². The smallest absolute Gasteiger partial charge is 0.409 e. The molecular formula is C26H38N8O2. The molecule has 4 aliphatic rings. The number of piperidine rings is 1. The standard InChI is InChI=1S/C26H38N8O2/c1-25(29)22(6-11-30-25)23(28)20-14-31-34(15-20)26(9-10-27)17-33(18-26)21-7-12-32(13-8-21)24(35)36-16-19-4-2-3-5-19/h6,11,14-15,19,21,30H,2-5,7-9,12-13,16-18,28-29H2,1H3/b23-22-. The summed E-state index contributed by atoms with van der Waals surface area (Å²) < 4.78 is 7.50. The average Bonchev–Trinajstić information content (AvgIpc) is 3.60. The summed E-state index contributed by atoms with van der Waals surface area (Å²) in [5.74, 6) is 0.543. The molecule has 4 heterocycles. The largest absolute Gasteiger partial charge is 0.449 e. The van der Waals surface area contributed by atoms with Gasteiger partial charge in [-0.3, -0.25) is 9.58 Å². The van der Waals surface area contributed by atoms with E-state index in [1.165, 1.54) is 25.7 Å². The van der Waals surface area contributed by atoms with E-state index in [1.54, 1.807) is 12.4 Å². The Labute approximate surface area is 212 Å². The number of hydrogen-bond donors (Lipinski definition) is 3. The third kappa shape index (κ3) is 4.70. The topological polar surface area (TPSA) is 138 Å². The molecule has 1 atom stereocenters. The third-order valence-corrected chi connectivity index (χ3v) is 8.42. The zero-order chi connectivity index (χ0) is 25.3. The van der Waals surface area contributed by atoms with Crippen LogP contribution in [0.4, 0.5) is 4.79 Å². The number of nitrogens with zero attached hydrogens (tertiary/aromatic N) is 5. The number of nitrogens with one attached hydrogen (secondary N) is 1. The highest BCUT2D eigenvalue weighted by Crippen LogP contribution is 2.37. The highest BCUT2D eigenvalue weighted by molar-refractivity contribution is 5.70. The first kappa shape index (κ1) is 24.7. The second kappa shape index (κ2) is 9.79. The molecule has 36 heavy (non-hydrogen) atoms. The van der Waals surface area contributed by atoms with Crippen LogP contribution in [0, 0.1) is 17.2 Å². The fraction of sp³-hybridized carbons (Fsp3) is 0.654. The molecule has 0 radical (unpaired) electrons. The van der Waals surface area contributed by atoms with E-state index in [9.17, 15) is 10.1 Å². The molecule has 0 aromatic carbocycles. The van der Waals surface area contributed by atoms with Gasteiger partial charge >= 0.3 is 6.09 Å². The summed E-state index contributed by atoms with van der Waals surface area (Å²) in [5, 5.41) is 17.3. The molecule has 1 aromatic rings. The number of ether oxygens (including phenoxy) is 1. The summed E-state index contributed by atoms with van der Waals surface area (Å²) in [6.07, 6.45) is 14.3. The molecule has 3 aliphatic heterocycles. The van der Waals surface area contributed by atoms with Gasteiger partial charge in [0, 0.05) is 55.3 Å². The Morgan fingerprint density at radius 3 is 2.64 bits per heavy atom. The fourth-order valence-electron chi connectivity index (χ4n) is 6.12. The van der Waals surface area contributed by atoms with E-state index in [4.69, 9.17) is 16.2 Å². The van der Waals surface area contributed by atoms with Gasteiger partial charge in [0.15, 0.2) is 0 Å². The lowest BCUT2D eigenvalue weighted by atomic mass is 9.84. The molecule has 0 bridgehead atoms. The van der Waals surface area contributed by atoms with Crippen LogP contribution in [0.5, 0.6) is 0 Å². The summed E-state index contributed by atoms with van der Waals surface area (Å²) in [5.41, 5.74) is 13.8. The van der Waals surface area contributed by atoms with Gasteiger partial charge in [-0.25, -0.2) is 4.79 Å². The van der Waals surface area contributed by atoms with Gasteiger partial charge in [0.1, 0.15) is 11.2 Å². The van der Waals surface area contributed by atoms with Gasteiger partial charge in [-0.05, 0) is 50.8 Å². The first-order valence-corrected chi connectivity index (χ1v) is 13.1. The van der Waals surface area contributed by atoms with E-state index in [1.807, 2.05) is 28.8 Å². The van der Waals surface area contributed by atoms with Crippen molar-refractivity contribution >= 4 is 11.8 Å². The van der Waals surface area contributed by atoms with Crippen LogP contribution < -0.4 is 16.8 Å². The molecule has 1 amide bonds. The van der Waals surface area contributed by atoms with Gasteiger partial charge in [-0.15, -0.1) is 0 Å². The zero-order valence-corrected chi connectivity index (χ0v) is 21.2. The Balaban J connectivity index is 1.17. The number of nitriles is 1. The van der Waals surface area contributed by atoms with Crippen molar-refractivity contribution < 1.29 is 9.53 Å². The van der Waals surface area contributed by atoms with E-state index in [0.29, 0.717) is 43.8 Å². The summed E-state index contributed by atoms with van der Waals surface area (Å²) in [6.45, 7) is 5.37. The van der Waals surface area contributed by atoms with Gasteiger partial charge in [-0.2, -0.15) is 10.4 Å². The number of nitrogens with two attached hydrogens (primary N) is 2. The van der Waals surface area contributed by atoms with Crippen molar-refractivity contribution in [1.29, 1.82) is 5.26 Å². The van der Waals surface area contributed by atoms with Crippen molar-refractivity contribution in [2.24, 2.45) is 17.4 Å².